The quantitative estimate of drug-likeness (QED) is 0.171. The van der Waals surface area contributed by atoms with Gasteiger partial charge in [-0.25, -0.2) is 0 Å². The van der Waals surface area contributed by atoms with Crippen molar-refractivity contribution in [3.63, 3.8) is 0 Å². The van der Waals surface area contributed by atoms with Crippen molar-refractivity contribution < 1.29 is 27.7 Å². The summed E-state index contributed by atoms with van der Waals surface area (Å²) in [5, 5.41) is 4.11. The van der Waals surface area contributed by atoms with E-state index in [1.807, 2.05) is 66.7 Å². The molecule has 0 saturated heterocycles. The van der Waals surface area contributed by atoms with Gasteiger partial charge in [0.1, 0.15) is 11.2 Å². The van der Waals surface area contributed by atoms with Gasteiger partial charge in [0.05, 0.1) is 45.4 Å². The molecule has 2 aromatic heterocycles. The minimum Gasteiger partial charge on any atom is -0.455 e. The number of aromatic nitrogens is 1. The highest BCUT2D eigenvalue weighted by Gasteiger charge is 2.21. The van der Waals surface area contributed by atoms with Crippen molar-refractivity contribution in [1.82, 2.24) is 4.57 Å². The van der Waals surface area contributed by atoms with Gasteiger partial charge in [-0.05, 0) is 94.2 Å². The van der Waals surface area contributed by atoms with Crippen LogP contribution in [0.15, 0.2) is 210 Å². The van der Waals surface area contributed by atoms with Gasteiger partial charge in [-0.1, -0.05) is 139 Å². The lowest BCUT2D eigenvalue weighted by molar-refractivity contribution is 0.672. The van der Waals surface area contributed by atoms with Crippen molar-refractivity contribution in [3.8, 4) is 27.9 Å². The Morgan fingerprint density at radius 2 is 0.982 bits per heavy atom. The zero-order chi connectivity index (χ0) is 51.1. The first kappa shape index (κ1) is 18.6. The minimum absolute atomic E-state index is 0.0881. The highest BCUT2D eigenvalue weighted by molar-refractivity contribution is 6.19. The molecule has 0 unspecified atom stereocenters. The Labute approximate surface area is 342 Å². The van der Waals surface area contributed by atoms with E-state index in [2.05, 4.69) is 0 Å². The van der Waals surface area contributed by atoms with Crippen LogP contribution in [0.5, 0.6) is 0 Å². The van der Waals surface area contributed by atoms with E-state index in [1.165, 1.54) is 0 Å². The number of benzene rings is 9. The number of furan rings is 1. The van der Waals surface area contributed by atoms with E-state index in [1.54, 1.807) is 41.0 Å². The normalized spacial score (nSPS) is 16.0. The van der Waals surface area contributed by atoms with Crippen molar-refractivity contribution in [1.29, 1.82) is 0 Å². The van der Waals surface area contributed by atoms with E-state index in [9.17, 15) is 11.0 Å². The van der Waals surface area contributed by atoms with Gasteiger partial charge < -0.3 is 13.9 Å². The first-order valence-corrected chi connectivity index (χ1v) is 17.4. The second-order valence-electron chi connectivity index (χ2n) is 12.8. The third-order valence-electron chi connectivity index (χ3n) is 9.69. The first-order valence-electron chi connectivity index (χ1n) is 25.9. The van der Waals surface area contributed by atoms with Crippen molar-refractivity contribution >= 4 is 71.6 Å². The minimum atomic E-state index is -0.884. The van der Waals surface area contributed by atoms with Gasteiger partial charge >= 0.3 is 0 Å². The van der Waals surface area contributed by atoms with Crippen LogP contribution in [0.3, 0.4) is 0 Å². The molecule has 0 saturated carbocycles. The van der Waals surface area contributed by atoms with E-state index in [4.69, 9.17) is 16.8 Å². The maximum atomic E-state index is 9.81. The summed E-state index contributed by atoms with van der Waals surface area (Å²) in [6.45, 7) is 0. The van der Waals surface area contributed by atoms with Crippen LogP contribution in [0.25, 0.3) is 82.5 Å². The Morgan fingerprint density at radius 3 is 1.64 bits per heavy atom. The van der Waals surface area contributed by atoms with Gasteiger partial charge in [0.25, 0.3) is 0 Å². The molecule has 0 bridgehead atoms. The lowest BCUT2D eigenvalue weighted by atomic mass is 10.00. The molecule has 0 spiro atoms. The number of anilines is 3. The van der Waals surface area contributed by atoms with Crippen LogP contribution in [0.1, 0.15) is 23.3 Å². The average Bonchev–Trinajstić information content (AvgIpc) is 3.94. The summed E-state index contributed by atoms with van der Waals surface area (Å²) >= 11 is 0. The Morgan fingerprint density at radius 1 is 0.436 bits per heavy atom. The summed E-state index contributed by atoms with van der Waals surface area (Å²) in [5.74, 6) is 0. The highest BCUT2D eigenvalue weighted by atomic mass is 16.3. The van der Waals surface area contributed by atoms with Crippen LogP contribution < -0.4 is 4.90 Å². The molecule has 11 aromatic rings. The highest BCUT2D eigenvalue weighted by Crippen LogP contribution is 2.45. The zero-order valence-corrected chi connectivity index (χ0v) is 28.6. The standard InChI is InChI=1S/C52H34N2O/c1-2-11-35(12-3-1)36-21-23-37(24-22-36)38-25-28-40(29-26-38)53(49-19-10-20-50-51(49)46-34-27-39-13-4-5-14-43(39)52(46)55-50)41-30-32-42(33-31-41)54-47-17-8-6-15-44(47)45-16-7-9-18-48(45)54/h1-34H/i1D,2D,3D,11D,12D,21D,22D,23D,24D,25D,26D,28D,29D,30D,31D,32D,33D. The fourth-order valence-electron chi connectivity index (χ4n) is 7.24. The molecule has 2 heterocycles. The summed E-state index contributed by atoms with van der Waals surface area (Å²) < 4.78 is 163. The maximum Gasteiger partial charge on any atom is 0.143 e. The van der Waals surface area contributed by atoms with Crippen molar-refractivity contribution in [2.24, 2.45) is 0 Å². The van der Waals surface area contributed by atoms with Crippen LogP contribution in [0.2, 0.25) is 0 Å². The molecular formula is C52H34N2O. The molecule has 0 radical (unpaired) electrons. The number of fused-ring (bicyclic) bond motifs is 8. The maximum absolute atomic E-state index is 9.81. The fourth-order valence-corrected chi connectivity index (χ4v) is 7.24. The third kappa shape index (κ3) is 5.13. The molecular weight excluding hydrogens is 669 g/mol. The van der Waals surface area contributed by atoms with Crippen LogP contribution >= 0.6 is 0 Å². The molecule has 55 heavy (non-hydrogen) atoms. The lowest BCUT2D eigenvalue weighted by Crippen LogP contribution is -2.10. The predicted molar refractivity (Wildman–Crippen MR) is 231 cm³/mol. The molecule has 0 aliphatic heterocycles. The van der Waals surface area contributed by atoms with Crippen LogP contribution in [-0.4, -0.2) is 4.57 Å². The molecule has 0 fully saturated rings. The topological polar surface area (TPSA) is 21.3 Å². The van der Waals surface area contributed by atoms with Crippen LogP contribution in [-0.2, 0) is 0 Å². The Kier molecular flexibility index (Phi) is 4.28. The summed E-state index contributed by atoms with van der Waals surface area (Å²) in [6, 6.07) is 17.8. The molecule has 0 atom stereocenters. The molecule has 3 nitrogen and oxygen atoms in total. The summed E-state index contributed by atoms with van der Waals surface area (Å²) in [4.78, 5) is 1.14. The number of hydrogen-bond donors (Lipinski definition) is 0. The SMILES string of the molecule is [2H]c1c([2H])c([2H])c(-c2c([2H])c([2H])c(-c3c([2H])c([2H])c(N(c4c([2H])c([2H])c(-n5c6ccccc6c6ccccc65)c([2H])c4[2H])c4cccc5oc6c7ccccc7ccc6c45)c([2H])c3[2H])c([2H])c2[2H])c([2H])c1[2H]. The number of hydrogen-bond acceptors (Lipinski definition) is 2. The van der Waals surface area contributed by atoms with Gasteiger partial charge in [0, 0.05) is 38.6 Å². The van der Waals surface area contributed by atoms with Gasteiger partial charge in [0.2, 0.25) is 0 Å². The lowest BCUT2D eigenvalue weighted by Gasteiger charge is -2.27. The largest absolute Gasteiger partial charge is 0.455 e. The third-order valence-corrected chi connectivity index (χ3v) is 9.69. The van der Waals surface area contributed by atoms with Crippen molar-refractivity contribution in [2.75, 3.05) is 4.90 Å². The van der Waals surface area contributed by atoms with E-state index >= 15 is 0 Å². The smallest absolute Gasteiger partial charge is 0.143 e. The number of para-hydroxylation sites is 2. The van der Waals surface area contributed by atoms with Gasteiger partial charge in [-0.2, -0.15) is 0 Å². The van der Waals surface area contributed by atoms with E-state index in [0.717, 1.165) is 26.4 Å². The molecule has 0 N–H and O–H groups in total. The molecule has 0 aliphatic carbocycles. The van der Waals surface area contributed by atoms with Gasteiger partial charge in [-0.15, -0.1) is 0 Å². The molecule has 11 rings (SSSR count). The van der Waals surface area contributed by atoms with Crippen LogP contribution in [0, 0.1) is 0 Å². The number of rotatable bonds is 6. The number of nitrogens with zero attached hydrogens (tertiary/aromatic N) is 2. The molecule has 3 heteroatoms. The van der Waals surface area contributed by atoms with Crippen molar-refractivity contribution in [2.45, 2.75) is 0 Å². The Bertz CT molecular complexity index is 4050. The zero-order valence-electron chi connectivity index (χ0n) is 45.6. The van der Waals surface area contributed by atoms with Gasteiger partial charge in [0.15, 0.2) is 0 Å². The van der Waals surface area contributed by atoms with Gasteiger partial charge in [-0.3, -0.25) is 0 Å². The van der Waals surface area contributed by atoms with E-state index in [-0.39, 0.29) is 11.4 Å². The average molecular weight is 720 g/mol. The molecule has 0 amide bonds. The summed E-state index contributed by atoms with van der Waals surface area (Å²) in [6.07, 6.45) is 0. The first-order chi connectivity index (χ1) is 34.4. The fraction of sp³-hybridized carbons (Fsp3) is 0. The van der Waals surface area contributed by atoms with Crippen LogP contribution in [0.4, 0.5) is 17.1 Å². The second-order valence-corrected chi connectivity index (χ2v) is 12.8. The summed E-state index contributed by atoms with van der Waals surface area (Å²) in [5.41, 5.74) is -1.60. The summed E-state index contributed by atoms with van der Waals surface area (Å²) in [7, 11) is 0. The molecule has 258 valence electrons. The Hall–Kier alpha value is -7.36. The van der Waals surface area contributed by atoms with Crippen molar-refractivity contribution in [3.05, 3.63) is 206 Å². The molecule has 0 aliphatic rings. The Balaban J connectivity index is 1.22. The van der Waals surface area contributed by atoms with E-state index in [0.29, 0.717) is 33.0 Å². The second kappa shape index (κ2) is 12.6. The monoisotopic (exact) mass is 719 g/mol. The predicted octanol–water partition coefficient (Wildman–Crippen LogP) is 14.6. The molecule has 9 aromatic carbocycles. The van der Waals surface area contributed by atoms with E-state index < -0.39 is 136 Å².